The van der Waals surface area contributed by atoms with Crippen molar-refractivity contribution in [2.75, 3.05) is 37.6 Å². The number of sulfonamides is 1. The number of hydrogen-bond donors (Lipinski definition) is 0. The number of hydrogen-bond acceptors (Lipinski definition) is 4. The van der Waals surface area contributed by atoms with E-state index in [1.165, 1.54) is 5.56 Å². The molecule has 0 saturated carbocycles. The minimum Gasteiger partial charge on any atom is -0.312 e. The molecule has 0 N–H and O–H groups in total. The maximum absolute atomic E-state index is 13.3. The van der Waals surface area contributed by atoms with E-state index in [2.05, 4.69) is 17.0 Å². The predicted octanol–water partition coefficient (Wildman–Crippen LogP) is 2.03. The van der Waals surface area contributed by atoms with Crippen LogP contribution in [-0.2, 0) is 34.2 Å². The van der Waals surface area contributed by atoms with E-state index in [9.17, 15) is 13.2 Å². The van der Waals surface area contributed by atoms with Crippen molar-refractivity contribution >= 4 is 21.6 Å². The topological polar surface area (TPSA) is 60.9 Å². The minimum absolute atomic E-state index is 0.0880. The molecule has 3 aliphatic heterocycles. The zero-order chi connectivity index (χ0) is 20.0. The predicted molar refractivity (Wildman–Crippen MR) is 111 cm³/mol. The van der Waals surface area contributed by atoms with Crippen molar-refractivity contribution in [3.63, 3.8) is 0 Å². The standard InChI is InChI=1S/C22H25N3O3S/c26-21-15-19-14-20(13-18-7-4-8-25(21)22(18)19)29(27,28)24-11-9-23(10-12-24)16-17-5-2-1-3-6-17/h1-3,5-6,13-14H,4,7-12,15-16H2. The highest BCUT2D eigenvalue weighted by Gasteiger charge is 2.35. The van der Waals surface area contributed by atoms with E-state index in [-0.39, 0.29) is 5.91 Å². The Morgan fingerprint density at radius 3 is 2.38 bits per heavy atom. The molecule has 2 aromatic carbocycles. The summed E-state index contributed by atoms with van der Waals surface area (Å²) in [6, 6.07) is 13.8. The van der Waals surface area contributed by atoms with Gasteiger partial charge in [0.1, 0.15) is 0 Å². The largest absolute Gasteiger partial charge is 0.312 e. The Balaban J connectivity index is 1.34. The molecule has 0 bridgehead atoms. The zero-order valence-corrected chi connectivity index (χ0v) is 17.2. The molecule has 2 aromatic rings. The van der Waals surface area contributed by atoms with E-state index in [1.54, 1.807) is 16.4 Å². The van der Waals surface area contributed by atoms with Gasteiger partial charge >= 0.3 is 0 Å². The average molecular weight is 412 g/mol. The van der Waals surface area contributed by atoms with Gasteiger partial charge in [-0.15, -0.1) is 0 Å². The molecule has 3 aliphatic rings. The van der Waals surface area contributed by atoms with Crippen molar-refractivity contribution in [1.82, 2.24) is 9.21 Å². The fourth-order valence-corrected chi connectivity index (χ4v) is 6.24. The summed E-state index contributed by atoms with van der Waals surface area (Å²) in [5, 5.41) is 0. The fraction of sp³-hybridized carbons (Fsp3) is 0.409. The van der Waals surface area contributed by atoms with Gasteiger partial charge in [-0.25, -0.2) is 8.42 Å². The van der Waals surface area contributed by atoms with Crippen LogP contribution in [0, 0.1) is 0 Å². The lowest BCUT2D eigenvalue weighted by Gasteiger charge is -2.34. The Labute approximate surface area is 171 Å². The summed E-state index contributed by atoms with van der Waals surface area (Å²) in [7, 11) is -3.55. The van der Waals surface area contributed by atoms with Crippen molar-refractivity contribution < 1.29 is 13.2 Å². The van der Waals surface area contributed by atoms with E-state index in [0.29, 0.717) is 24.4 Å². The van der Waals surface area contributed by atoms with Crippen molar-refractivity contribution in [3.05, 3.63) is 59.2 Å². The third-order valence-electron chi connectivity index (χ3n) is 6.20. The van der Waals surface area contributed by atoms with Crippen LogP contribution in [0.4, 0.5) is 5.69 Å². The van der Waals surface area contributed by atoms with Gasteiger partial charge in [-0.05, 0) is 41.7 Å². The zero-order valence-electron chi connectivity index (χ0n) is 16.4. The van der Waals surface area contributed by atoms with Crippen LogP contribution in [0.3, 0.4) is 0 Å². The van der Waals surface area contributed by atoms with Crippen LogP contribution in [-0.4, -0.2) is 56.3 Å². The van der Waals surface area contributed by atoms with Crippen molar-refractivity contribution in [2.24, 2.45) is 0 Å². The molecule has 6 nitrogen and oxygen atoms in total. The molecule has 0 unspecified atom stereocenters. The van der Waals surface area contributed by atoms with Gasteiger partial charge in [0.05, 0.1) is 17.0 Å². The Kier molecular flexibility index (Phi) is 4.69. The quantitative estimate of drug-likeness (QED) is 0.772. The molecule has 0 aliphatic carbocycles. The first-order chi connectivity index (χ1) is 14.0. The monoisotopic (exact) mass is 411 g/mol. The number of rotatable bonds is 4. The molecular weight excluding hydrogens is 386 g/mol. The first kappa shape index (κ1) is 18.8. The first-order valence-corrected chi connectivity index (χ1v) is 11.7. The summed E-state index contributed by atoms with van der Waals surface area (Å²) in [4.78, 5) is 16.7. The lowest BCUT2D eigenvalue weighted by molar-refractivity contribution is -0.117. The molecule has 29 heavy (non-hydrogen) atoms. The van der Waals surface area contributed by atoms with E-state index in [1.807, 2.05) is 23.1 Å². The SMILES string of the molecule is O=C1Cc2cc(S(=O)(=O)N3CCN(Cc4ccccc4)CC3)cc3c2N1CCC3. The van der Waals surface area contributed by atoms with Gasteiger partial charge < -0.3 is 4.90 Å². The van der Waals surface area contributed by atoms with Crippen LogP contribution in [0.5, 0.6) is 0 Å². The number of anilines is 1. The highest BCUT2D eigenvalue weighted by atomic mass is 32.2. The number of benzene rings is 2. The van der Waals surface area contributed by atoms with Gasteiger partial charge in [0.2, 0.25) is 15.9 Å². The maximum atomic E-state index is 13.3. The molecule has 0 radical (unpaired) electrons. The van der Waals surface area contributed by atoms with Crippen LogP contribution in [0.1, 0.15) is 23.1 Å². The minimum atomic E-state index is -3.55. The number of piperazine rings is 1. The van der Waals surface area contributed by atoms with E-state index >= 15 is 0 Å². The van der Waals surface area contributed by atoms with Crippen LogP contribution >= 0.6 is 0 Å². The lowest BCUT2D eigenvalue weighted by Crippen LogP contribution is -2.48. The fourth-order valence-electron chi connectivity index (χ4n) is 4.71. The second-order valence-corrected chi connectivity index (χ2v) is 10.0. The molecule has 152 valence electrons. The smallest absolute Gasteiger partial charge is 0.243 e. The molecule has 7 heteroatoms. The summed E-state index contributed by atoms with van der Waals surface area (Å²) >= 11 is 0. The third kappa shape index (κ3) is 3.37. The Hall–Kier alpha value is -2.22. The molecule has 1 fully saturated rings. The molecular formula is C22H25N3O3S. The Morgan fingerprint density at radius 1 is 0.897 bits per heavy atom. The first-order valence-electron chi connectivity index (χ1n) is 10.2. The number of aryl methyl sites for hydroxylation is 1. The van der Waals surface area contributed by atoms with Gasteiger partial charge in [0, 0.05) is 39.3 Å². The third-order valence-corrected chi connectivity index (χ3v) is 8.08. The lowest BCUT2D eigenvalue weighted by atomic mass is 10.0. The van der Waals surface area contributed by atoms with E-state index in [0.717, 1.165) is 55.8 Å². The van der Waals surface area contributed by atoms with Crippen LogP contribution in [0.25, 0.3) is 0 Å². The average Bonchev–Trinajstić information content (AvgIpc) is 3.06. The van der Waals surface area contributed by atoms with Gasteiger partial charge in [-0.1, -0.05) is 30.3 Å². The molecule has 0 atom stereocenters. The summed E-state index contributed by atoms with van der Waals surface area (Å²) in [5.41, 5.74) is 4.08. The van der Waals surface area contributed by atoms with Crippen molar-refractivity contribution in [1.29, 1.82) is 0 Å². The van der Waals surface area contributed by atoms with Crippen LogP contribution < -0.4 is 4.90 Å². The number of amides is 1. The van der Waals surface area contributed by atoms with Gasteiger partial charge in [-0.2, -0.15) is 4.31 Å². The van der Waals surface area contributed by atoms with E-state index in [4.69, 9.17) is 0 Å². The second-order valence-electron chi connectivity index (χ2n) is 8.08. The Bertz CT molecular complexity index is 1040. The Morgan fingerprint density at radius 2 is 1.62 bits per heavy atom. The van der Waals surface area contributed by atoms with E-state index < -0.39 is 10.0 Å². The molecule has 0 aromatic heterocycles. The normalized spacial score (nSPS) is 20.1. The molecule has 0 spiro atoms. The summed E-state index contributed by atoms with van der Waals surface area (Å²) in [6.07, 6.45) is 2.04. The summed E-state index contributed by atoms with van der Waals surface area (Å²) in [5.74, 6) is 0.0880. The highest BCUT2D eigenvalue weighted by Crippen LogP contribution is 2.39. The van der Waals surface area contributed by atoms with Crippen LogP contribution in [0.2, 0.25) is 0 Å². The highest BCUT2D eigenvalue weighted by molar-refractivity contribution is 7.89. The second kappa shape index (κ2) is 7.23. The van der Waals surface area contributed by atoms with Gasteiger partial charge in [0.15, 0.2) is 0 Å². The number of carbonyl (C=O) groups excluding carboxylic acids is 1. The maximum Gasteiger partial charge on any atom is 0.243 e. The summed E-state index contributed by atoms with van der Waals surface area (Å²) in [6.45, 7) is 4.01. The van der Waals surface area contributed by atoms with Crippen molar-refractivity contribution in [3.8, 4) is 0 Å². The molecule has 5 rings (SSSR count). The van der Waals surface area contributed by atoms with Gasteiger partial charge in [0.25, 0.3) is 0 Å². The number of carbonyl (C=O) groups is 1. The number of nitrogens with zero attached hydrogens (tertiary/aromatic N) is 3. The molecule has 3 heterocycles. The van der Waals surface area contributed by atoms with Crippen molar-refractivity contribution in [2.45, 2.75) is 30.7 Å². The summed E-state index contributed by atoms with van der Waals surface area (Å²) < 4.78 is 28.2. The van der Waals surface area contributed by atoms with Gasteiger partial charge in [-0.3, -0.25) is 9.69 Å². The molecule has 1 saturated heterocycles. The van der Waals surface area contributed by atoms with Crippen LogP contribution in [0.15, 0.2) is 47.4 Å². The molecule has 1 amide bonds.